The second-order valence-electron chi connectivity index (χ2n) is 7.25. The van der Waals surface area contributed by atoms with Gasteiger partial charge in [0.15, 0.2) is 0 Å². The molecule has 0 amide bonds. The van der Waals surface area contributed by atoms with Crippen LogP contribution in [0.2, 0.25) is 0 Å². The molecule has 0 spiro atoms. The van der Waals surface area contributed by atoms with E-state index in [1.165, 1.54) is 22.3 Å². The van der Waals surface area contributed by atoms with E-state index < -0.39 is 0 Å². The van der Waals surface area contributed by atoms with Crippen molar-refractivity contribution in [1.82, 2.24) is 0 Å². The van der Waals surface area contributed by atoms with Crippen molar-refractivity contribution < 1.29 is 0 Å². The van der Waals surface area contributed by atoms with Crippen molar-refractivity contribution in [2.75, 3.05) is 0 Å². The lowest BCUT2D eigenvalue weighted by atomic mass is 9.93. The third-order valence-electron chi connectivity index (χ3n) is 4.40. The minimum absolute atomic E-state index is 0.123. The van der Waals surface area contributed by atoms with Crippen molar-refractivity contribution in [2.24, 2.45) is 5.41 Å². The quantitative estimate of drug-likeness (QED) is 0.543. The summed E-state index contributed by atoms with van der Waals surface area (Å²) in [5.41, 5.74) is 4.99. The Labute approximate surface area is 157 Å². The molecule has 3 rings (SSSR count). The smallest absolute Gasteiger partial charge is 0.00109 e. The van der Waals surface area contributed by atoms with Crippen molar-refractivity contribution in [2.45, 2.75) is 20.3 Å². The molecular formula is C26H26. The zero-order valence-electron chi connectivity index (χ0n) is 15.6. The van der Waals surface area contributed by atoms with Crippen molar-refractivity contribution in [3.05, 3.63) is 119 Å². The van der Waals surface area contributed by atoms with E-state index in [0.717, 1.165) is 6.42 Å². The normalized spacial score (nSPS) is 18.8. The summed E-state index contributed by atoms with van der Waals surface area (Å²) in [4.78, 5) is 0. The first-order valence-electron chi connectivity index (χ1n) is 9.19. The molecule has 0 heterocycles. The largest absolute Gasteiger partial charge is 0.0807 e. The summed E-state index contributed by atoms with van der Waals surface area (Å²) in [6, 6.07) is 8.64. The SMILES string of the molecule is CC1(C)C=CC=C(/C=C/c2ccc(/C=C/C3=CC=CCC=C3)cc2)C=C1. The second-order valence-corrected chi connectivity index (χ2v) is 7.25. The fraction of sp³-hybridized carbons (Fsp3) is 0.154. The summed E-state index contributed by atoms with van der Waals surface area (Å²) >= 11 is 0. The molecule has 0 unspecified atom stereocenters. The Balaban J connectivity index is 1.65. The van der Waals surface area contributed by atoms with Crippen LogP contribution in [0.1, 0.15) is 31.4 Å². The third kappa shape index (κ3) is 5.60. The van der Waals surface area contributed by atoms with Crippen LogP contribution in [0, 0.1) is 5.41 Å². The first-order valence-corrected chi connectivity index (χ1v) is 9.19. The van der Waals surface area contributed by atoms with E-state index in [-0.39, 0.29) is 5.41 Å². The van der Waals surface area contributed by atoms with E-state index in [9.17, 15) is 0 Å². The molecule has 0 saturated heterocycles. The van der Waals surface area contributed by atoms with Gasteiger partial charge in [0.05, 0.1) is 0 Å². The number of benzene rings is 1. The van der Waals surface area contributed by atoms with Crippen LogP contribution >= 0.6 is 0 Å². The maximum Gasteiger partial charge on any atom is 0.00109 e. The van der Waals surface area contributed by atoms with Crippen molar-refractivity contribution in [1.29, 1.82) is 0 Å². The predicted octanol–water partition coefficient (Wildman–Crippen LogP) is 7.23. The number of rotatable bonds is 4. The summed E-state index contributed by atoms with van der Waals surface area (Å²) in [5, 5.41) is 0. The highest BCUT2D eigenvalue weighted by atomic mass is 14.1. The van der Waals surface area contributed by atoms with E-state index in [2.05, 4.69) is 123 Å². The highest BCUT2D eigenvalue weighted by Crippen LogP contribution is 2.23. The Hall–Kier alpha value is -2.86. The Kier molecular flexibility index (Phi) is 5.86. The van der Waals surface area contributed by atoms with Crippen LogP contribution in [0.4, 0.5) is 0 Å². The molecule has 0 N–H and O–H groups in total. The van der Waals surface area contributed by atoms with Crippen LogP contribution < -0.4 is 0 Å². The lowest BCUT2D eigenvalue weighted by molar-refractivity contribution is 0.627. The molecule has 0 nitrogen and oxygen atoms in total. The molecular weight excluding hydrogens is 312 g/mol. The fourth-order valence-corrected chi connectivity index (χ4v) is 2.75. The molecule has 0 fully saturated rings. The van der Waals surface area contributed by atoms with Gasteiger partial charge < -0.3 is 0 Å². The Morgan fingerprint density at radius 2 is 1.31 bits per heavy atom. The first-order chi connectivity index (χ1) is 12.6. The van der Waals surface area contributed by atoms with Crippen LogP contribution in [0.5, 0.6) is 0 Å². The zero-order chi connectivity index (χ0) is 18.2. The van der Waals surface area contributed by atoms with E-state index >= 15 is 0 Å². The molecule has 1 aromatic rings. The average molecular weight is 338 g/mol. The summed E-state index contributed by atoms with van der Waals surface area (Å²) in [6.07, 6.45) is 31.4. The Morgan fingerprint density at radius 1 is 0.692 bits per heavy atom. The minimum atomic E-state index is 0.123. The fourth-order valence-electron chi connectivity index (χ4n) is 2.75. The standard InChI is InChI=1S/C26H26/c1-26(2)20-7-10-23(19-21-26)12-14-25-17-15-24(16-18-25)13-11-22-8-5-3-4-6-9-22/h3,5-21H,4H2,1-2H3/b13-11+,14-12+. The number of hydrogen-bond acceptors (Lipinski definition) is 0. The third-order valence-corrected chi connectivity index (χ3v) is 4.40. The molecule has 0 aliphatic heterocycles. The van der Waals surface area contributed by atoms with Gasteiger partial charge in [0.25, 0.3) is 0 Å². The highest BCUT2D eigenvalue weighted by Gasteiger charge is 2.09. The van der Waals surface area contributed by atoms with Gasteiger partial charge in [0, 0.05) is 5.41 Å². The Bertz CT molecular complexity index is 857. The maximum atomic E-state index is 2.24. The molecule has 0 bridgehead atoms. The maximum absolute atomic E-state index is 2.24. The van der Waals surface area contributed by atoms with Gasteiger partial charge in [-0.2, -0.15) is 0 Å². The van der Waals surface area contributed by atoms with Crippen LogP contribution in [0.15, 0.2) is 108 Å². The van der Waals surface area contributed by atoms with Crippen LogP contribution in [-0.2, 0) is 0 Å². The molecule has 0 radical (unpaired) electrons. The average Bonchev–Trinajstić information content (AvgIpc) is 2.99. The van der Waals surface area contributed by atoms with Gasteiger partial charge in [-0.15, -0.1) is 0 Å². The first kappa shape index (κ1) is 17.9. The predicted molar refractivity (Wildman–Crippen MR) is 116 cm³/mol. The van der Waals surface area contributed by atoms with Gasteiger partial charge >= 0.3 is 0 Å². The topological polar surface area (TPSA) is 0 Å². The van der Waals surface area contributed by atoms with Crippen LogP contribution in [-0.4, -0.2) is 0 Å². The molecule has 0 atom stereocenters. The van der Waals surface area contributed by atoms with E-state index in [1.54, 1.807) is 0 Å². The van der Waals surface area contributed by atoms with Gasteiger partial charge in [0.1, 0.15) is 0 Å². The van der Waals surface area contributed by atoms with Crippen molar-refractivity contribution in [3.63, 3.8) is 0 Å². The molecule has 0 aromatic heterocycles. The zero-order valence-corrected chi connectivity index (χ0v) is 15.6. The van der Waals surface area contributed by atoms with Crippen molar-refractivity contribution in [3.8, 4) is 0 Å². The summed E-state index contributed by atoms with van der Waals surface area (Å²) in [7, 11) is 0. The molecule has 1 aromatic carbocycles. The molecule has 0 saturated carbocycles. The Morgan fingerprint density at radius 3 is 2.00 bits per heavy atom. The highest BCUT2D eigenvalue weighted by molar-refractivity contribution is 5.60. The van der Waals surface area contributed by atoms with Gasteiger partial charge in [0.2, 0.25) is 0 Å². The van der Waals surface area contributed by atoms with E-state index in [1.807, 2.05) is 0 Å². The number of allylic oxidation sites excluding steroid dienone is 14. The van der Waals surface area contributed by atoms with Gasteiger partial charge in [-0.05, 0) is 28.7 Å². The second kappa shape index (κ2) is 8.49. The molecule has 130 valence electrons. The van der Waals surface area contributed by atoms with E-state index in [0.29, 0.717) is 0 Å². The lowest BCUT2D eigenvalue weighted by Gasteiger charge is -2.12. The van der Waals surface area contributed by atoms with Crippen LogP contribution in [0.3, 0.4) is 0 Å². The van der Waals surface area contributed by atoms with E-state index in [4.69, 9.17) is 0 Å². The van der Waals surface area contributed by atoms with Gasteiger partial charge in [-0.25, -0.2) is 0 Å². The van der Waals surface area contributed by atoms with Crippen molar-refractivity contribution >= 4 is 12.2 Å². The summed E-state index contributed by atoms with van der Waals surface area (Å²) in [5.74, 6) is 0. The monoisotopic (exact) mass is 338 g/mol. The number of hydrogen-bond donors (Lipinski definition) is 0. The molecule has 0 heteroatoms. The van der Waals surface area contributed by atoms with Gasteiger partial charge in [-0.3, -0.25) is 0 Å². The minimum Gasteiger partial charge on any atom is -0.0807 e. The summed E-state index contributed by atoms with van der Waals surface area (Å²) < 4.78 is 0. The molecule has 2 aliphatic rings. The van der Waals surface area contributed by atoms with Crippen LogP contribution in [0.25, 0.3) is 12.2 Å². The molecule has 26 heavy (non-hydrogen) atoms. The summed E-state index contributed by atoms with van der Waals surface area (Å²) in [6.45, 7) is 4.42. The molecule has 2 aliphatic carbocycles. The van der Waals surface area contributed by atoms with Gasteiger partial charge in [-0.1, -0.05) is 123 Å². The lowest BCUT2D eigenvalue weighted by Crippen LogP contribution is -2.00.